The van der Waals surface area contributed by atoms with Gasteiger partial charge in [-0.3, -0.25) is 9.78 Å². The number of amides is 3. The highest BCUT2D eigenvalue weighted by Crippen LogP contribution is 2.33. The van der Waals surface area contributed by atoms with Gasteiger partial charge < -0.3 is 10.1 Å². The second-order valence-corrected chi connectivity index (χ2v) is 8.88. The van der Waals surface area contributed by atoms with Crippen LogP contribution in [-0.2, 0) is 21.1 Å². The fraction of sp³-hybridized carbons (Fsp3) is 0.316. The van der Waals surface area contributed by atoms with Gasteiger partial charge in [-0.1, -0.05) is 0 Å². The lowest BCUT2D eigenvalue weighted by Gasteiger charge is -2.23. The van der Waals surface area contributed by atoms with Crippen molar-refractivity contribution in [3.8, 4) is 5.75 Å². The van der Waals surface area contributed by atoms with Crippen molar-refractivity contribution in [2.24, 2.45) is 0 Å². The Bertz CT molecular complexity index is 1120. The number of sulfone groups is 1. The quantitative estimate of drug-likeness (QED) is 0.669. The first kappa shape index (κ1) is 22.5. The van der Waals surface area contributed by atoms with Crippen LogP contribution in [0.2, 0.25) is 0 Å². The summed E-state index contributed by atoms with van der Waals surface area (Å²) < 4.78 is 66.6. The van der Waals surface area contributed by atoms with E-state index in [0.29, 0.717) is 30.1 Å². The minimum atomic E-state index is -5.54. The Hall–Kier alpha value is -3.15. The van der Waals surface area contributed by atoms with E-state index < -0.39 is 37.7 Å². The number of aromatic nitrogens is 1. The van der Waals surface area contributed by atoms with E-state index >= 15 is 0 Å². The molecule has 1 unspecified atom stereocenters. The molecule has 0 spiro atoms. The van der Waals surface area contributed by atoms with Crippen molar-refractivity contribution < 1.29 is 35.9 Å². The fourth-order valence-corrected chi connectivity index (χ4v) is 3.93. The SMILES string of the molecule is CCOc1cnccc1CC1(C)NC(=O)N(c2ccc(S(=O)(=O)C(F)(F)F)cc2)C1=O. The van der Waals surface area contributed by atoms with Crippen LogP contribution in [0.15, 0.2) is 47.6 Å². The number of pyridine rings is 1. The molecular weight excluding hydrogens is 439 g/mol. The number of halogens is 3. The van der Waals surface area contributed by atoms with Crippen LogP contribution in [0.1, 0.15) is 19.4 Å². The van der Waals surface area contributed by atoms with E-state index in [1.165, 1.54) is 19.3 Å². The minimum absolute atomic E-state index is 0.0629. The van der Waals surface area contributed by atoms with Gasteiger partial charge in [0, 0.05) is 18.2 Å². The summed E-state index contributed by atoms with van der Waals surface area (Å²) in [5.41, 5.74) is -6.26. The standard InChI is InChI=1S/C19H18F3N3O5S/c1-3-30-15-11-23-9-8-12(15)10-18(2)16(26)25(17(27)24-18)13-4-6-14(7-5-13)31(28,29)19(20,21)22/h4-9,11H,3,10H2,1-2H3,(H,24,27). The average Bonchev–Trinajstić information content (AvgIpc) is 2.91. The smallest absolute Gasteiger partial charge is 0.492 e. The first-order valence-electron chi connectivity index (χ1n) is 9.04. The van der Waals surface area contributed by atoms with Crippen molar-refractivity contribution in [3.63, 3.8) is 0 Å². The molecule has 12 heteroatoms. The van der Waals surface area contributed by atoms with Gasteiger partial charge in [0.15, 0.2) is 0 Å². The summed E-state index contributed by atoms with van der Waals surface area (Å²) in [5.74, 6) is -0.198. The summed E-state index contributed by atoms with van der Waals surface area (Å²) in [7, 11) is -5.54. The number of hydrogen-bond donors (Lipinski definition) is 1. The predicted octanol–water partition coefficient (Wildman–Crippen LogP) is 2.83. The van der Waals surface area contributed by atoms with Crippen LogP contribution in [0, 0.1) is 0 Å². The maximum absolute atomic E-state index is 13.0. The van der Waals surface area contributed by atoms with Gasteiger partial charge in [0.2, 0.25) is 0 Å². The van der Waals surface area contributed by atoms with E-state index in [0.717, 1.165) is 17.0 Å². The summed E-state index contributed by atoms with van der Waals surface area (Å²) in [6.45, 7) is 3.66. The molecular formula is C19H18F3N3O5S. The first-order chi connectivity index (χ1) is 14.4. The van der Waals surface area contributed by atoms with Crippen LogP contribution in [0.4, 0.5) is 23.7 Å². The number of nitrogens with one attached hydrogen (secondary N) is 1. The van der Waals surface area contributed by atoms with Crippen molar-refractivity contribution in [2.45, 2.75) is 36.2 Å². The highest BCUT2D eigenvalue weighted by Gasteiger charge is 2.49. The summed E-state index contributed by atoms with van der Waals surface area (Å²) in [6, 6.07) is 4.20. The van der Waals surface area contributed by atoms with Crippen molar-refractivity contribution in [1.82, 2.24) is 10.3 Å². The number of rotatable bonds is 6. The van der Waals surface area contributed by atoms with E-state index in [9.17, 15) is 31.2 Å². The topological polar surface area (TPSA) is 106 Å². The number of anilines is 1. The zero-order chi connectivity index (χ0) is 23.0. The molecule has 1 N–H and O–H groups in total. The molecule has 0 saturated carbocycles. The zero-order valence-corrected chi connectivity index (χ0v) is 17.2. The van der Waals surface area contributed by atoms with Crippen LogP contribution in [-0.4, -0.2) is 43.0 Å². The highest BCUT2D eigenvalue weighted by molar-refractivity contribution is 7.92. The number of ether oxygens (including phenoxy) is 1. The molecule has 2 heterocycles. The monoisotopic (exact) mass is 457 g/mol. The molecule has 3 amide bonds. The fourth-order valence-electron chi connectivity index (χ4n) is 3.17. The second-order valence-electron chi connectivity index (χ2n) is 6.94. The van der Waals surface area contributed by atoms with Gasteiger partial charge in [-0.25, -0.2) is 18.1 Å². The third-order valence-corrected chi connectivity index (χ3v) is 6.19. The molecule has 1 aromatic carbocycles. The molecule has 8 nitrogen and oxygen atoms in total. The van der Waals surface area contributed by atoms with Gasteiger partial charge in [0.1, 0.15) is 11.3 Å². The van der Waals surface area contributed by atoms with E-state index in [2.05, 4.69) is 10.3 Å². The van der Waals surface area contributed by atoms with Crippen molar-refractivity contribution in [2.75, 3.05) is 11.5 Å². The second kappa shape index (κ2) is 7.84. The third kappa shape index (κ3) is 4.07. The maximum atomic E-state index is 13.0. The first-order valence-corrected chi connectivity index (χ1v) is 10.5. The Morgan fingerprint density at radius 3 is 2.39 bits per heavy atom. The van der Waals surface area contributed by atoms with Crippen molar-refractivity contribution >= 4 is 27.5 Å². The Morgan fingerprint density at radius 1 is 1.16 bits per heavy atom. The molecule has 2 aromatic rings. The van der Waals surface area contributed by atoms with Crippen molar-refractivity contribution in [1.29, 1.82) is 0 Å². The lowest BCUT2D eigenvalue weighted by molar-refractivity contribution is -0.121. The van der Waals surface area contributed by atoms with Crippen LogP contribution >= 0.6 is 0 Å². The van der Waals surface area contributed by atoms with E-state index in [1.54, 1.807) is 13.0 Å². The highest BCUT2D eigenvalue weighted by atomic mass is 32.2. The Labute approximate surface area is 175 Å². The van der Waals surface area contributed by atoms with Gasteiger partial charge in [-0.2, -0.15) is 13.2 Å². The Morgan fingerprint density at radius 2 is 1.81 bits per heavy atom. The number of carbonyl (C=O) groups excluding carboxylic acids is 2. The minimum Gasteiger partial charge on any atom is -0.492 e. The van der Waals surface area contributed by atoms with E-state index in [-0.39, 0.29) is 12.1 Å². The number of hydrogen-bond acceptors (Lipinski definition) is 6. The molecule has 1 aliphatic rings. The summed E-state index contributed by atoms with van der Waals surface area (Å²) in [6.07, 6.45) is 3.08. The van der Waals surface area contributed by atoms with E-state index in [1.807, 2.05) is 0 Å². The summed E-state index contributed by atoms with van der Waals surface area (Å²) in [5, 5.41) is 2.58. The summed E-state index contributed by atoms with van der Waals surface area (Å²) >= 11 is 0. The lowest BCUT2D eigenvalue weighted by atomic mass is 9.92. The van der Waals surface area contributed by atoms with Gasteiger partial charge >= 0.3 is 11.5 Å². The number of carbonyl (C=O) groups is 2. The van der Waals surface area contributed by atoms with Crippen LogP contribution in [0.5, 0.6) is 5.75 Å². The molecule has 3 rings (SSSR count). The molecule has 1 aliphatic heterocycles. The molecule has 1 saturated heterocycles. The van der Waals surface area contributed by atoms with E-state index in [4.69, 9.17) is 4.74 Å². The third-order valence-electron chi connectivity index (χ3n) is 4.68. The number of benzene rings is 1. The number of alkyl halides is 3. The van der Waals surface area contributed by atoms with Crippen LogP contribution in [0.3, 0.4) is 0 Å². The zero-order valence-electron chi connectivity index (χ0n) is 16.4. The average molecular weight is 457 g/mol. The normalized spacial score (nSPS) is 19.5. The number of imide groups is 1. The molecule has 0 aliphatic carbocycles. The van der Waals surface area contributed by atoms with Crippen LogP contribution in [0.25, 0.3) is 0 Å². The van der Waals surface area contributed by atoms with Crippen molar-refractivity contribution in [3.05, 3.63) is 48.3 Å². The molecule has 1 fully saturated rings. The molecule has 1 aromatic heterocycles. The molecule has 166 valence electrons. The summed E-state index contributed by atoms with van der Waals surface area (Å²) in [4.78, 5) is 29.3. The van der Waals surface area contributed by atoms with Gasteiger partial charge in [-0.05, 0) is 44.2 Å². The molecule has 31 heavy (non-hydrogen) atoms. The molecule has 0 radical (unpaired) electrons. The number of nitrogens with zero attached hydrogens (tertiary/aromatic N) is 2. The van der Waals surface area contributed by atoms with Gasteiger partial charge in [-0.15, -0.1) is 0 Å². The number of urea groups is 1. The largest absolute Gasteiger partial charge is 0.501 e. The lowest BCUT2D eigenvalue weighted by Crippen LogP contribution is -2.46. The van der Waals surface area contributed by atoms with Crippen LogP contribution < -0.4 is 15.0 Å². The predicted molar refractivity (Wildman–Crippen MR) is 103 cm³/mol. The Balaban J connectivity index is 1.88. The maximum Gasteiger partial charge on any atom is 0.501 e. The van der Waals surface area contributed by atoms with Gasteiger partial charge in [0.25, 0.3) is 15.7 Å². The molecule has 0 bridgehead atoms. The molecule has 1 atom stereocenters. The Kier molecular flexibility index (Phi) is 5.70. The van der Waals surface area contributed by atoms with Gasteiger partial charge in [0.05, 0.1) is 23.4 Å².